The van der Waals surface area contributed by atoms with E-state index in [2.05, 4.69) is 142 Å². The molecular formula is C69H110O12. The Kier molecular flexibility index (Phi) is 50.9. The number of aliphatic hydroxyl groups excluding tert-OH is 2. The van der Waals surface area contributed by atoms with E-state index in [0.29, 0.717) is 19.3 Å². The number of hydrogen-bond acceptors (Lipinski definition) is 11. The summed E-state index contributed by atoms with van der Waals surface area (Å²) in [7, 11) is 0. The quantitative estimate of drug-likeness (QED) is 0.0228. The van der Waals surface area contributed by atoms with Crippen molar-refractivity contribution in [2.75, 3.05) is 13.2 Å². The molecule has 81 heavy (non-hydrogen) atoms. The minimum absolute atomic E-state index is 0.0420. The van der Waals surface area contributed by atoms with E-state index in [4.69, 9.17) is 23.7 Å². The van der Waals surface area contributed by atoms with Crippen LogP contribution < -0.4 is 0 Å². The number of rotatable bonds is 52. The number of hydrogen-bond donors (Lipinski definition) is 3. The predicted molar refractivity (Wildman–Crippen MR) is 330 cm³/mol. The third kappa shape index (κ3) is 45.3. The van der Waals surface area contributed by atoms with Crippen molar-refractivity contribution in [3.05, 3.63) is 122 Å². The smallest absolute Gasteiger partial charge is 0.335 e. The largest absolute Gasteiger partial charge is 0.479 e. The van der Waals surface area contributed by atoms with Crippen molar-refractivity contribution in [2.24, 2.45) is 0 Å². The molecule has 1 heterocycles. The van der Waals surface area contributed by atoms with Gasteiger partial charge in [0.25, 0.3) is 0 Å². The van der Waals surface area contributed by atoms with Gasteiger partial charge in [0.15, 0.2) is 24.6 Å². The fourth-order valence-corrected chi connectivity index (χ4v) is 8.73. The number of aliphatic hydroxyl groups is 2. The van der Waals surface area contributed by atoms with E-state index in [9.17, 15) is 34.5 Å². The Morgan fingerprint density at radius 2 is 0.778 bits per heavy atom. The van der Waals surface area contributed by atoms with Crippen LogP contribution in [0.4, 0.5) is 0 Å². The van der Waals surface area contributed by atoms with Crippen molar-refractivity contribution < 1.29 is 58.2 Å². The zero-order chi connectivity index (χ0) is 58.9. The van der Waals surface area contributed by atoms with Gasteiger partial charge in [0.2, 0.25) is 0 Å². The second kappa shape index (κ2) is 55.6. The van der Waals surface area contributed by atoms with Crippen LogP contribution >= 0.6 is 0 Å². The first-order chi connectivity index (χ1) is 39.6. The Balaban J connectivity index is 2.71. The monoisotopic (exact) mass is 1130 g/mol. The van der Waals surface area contributed by atoms with Crippen LogP contribution in [0.25, 0.3) is 0 Å². The van der Waals surface area contributed by atoms with Crippen LogP contribution in [0.5, 0.6) is 0 Å². The van der Waals surface area contributed by atoms with Gasteiger partial charge in [-0.3, -0.25) is 14.4 Å². The zero-order valence-electron chi connectivity index (χ0n) is 50.5. The molecule has 0 amide bonds. The maximum Gasteiger partial charge on any atom is 0.335 e. The van der Waals surface area contributed by atoms with Gasteiger partial charge in [-0.15, -0.1) is 0 Å². The lowest BCUT2D eigenvalue weighted by atomic mass is 9.98. The van der Waals surface area contributed by atoms with Gasteiger partial charge in [0, 0.05) is 19.3 Å². The number of ether oxygens (including phenoxy) is 5. The Morgan fingerprint density at radius 3 is 1.21 bits per heavy atom. The molecule has 3 N–H and O–H groups in total. The summed E-state index contributed by atoms with van der Waals surface area (Å²) < 4.78 is 28.4. The first-order valence-corrected chi connectivity index (χ1v) is 31.5. The first kappa shape index (κ1) is 74.1. The molecule has 1 rings (SSSR count). The third-order valence-electron chi connectivity index (χ3n) is 13.5. The molecule has 0 aliphatic carbocycles. The number of allylic oxidation sites excluding steroid dienone is 20. The van der Waals surface area contributed by atoms with Crippen LogP contribution in [-0.4, -0.2) is 89.2 Å². The molecule has 12 heteroatoms. The lowest BCUT2D eigenvalue weighted by molar-refractivity contribution is -0.301. The molecule has 0 aromatic heterocycles. The molecule has 6 unspecified atom stereocenters. The highest BCUT2D eigenvalue weighted by Crippen LogP contribution is 2.26. The van der Waals surface area contributed by atoms with Crippen LogP contribution in [-0.2, 0) is 42.9 Å². The van der Waals surface area contributed by atoms with E-state index in [-0.39, 0.29) is 25.9 Å². The van der Waals surface area contributed by atoms with Crippen LogP contribution in [0.2, 0.25) is 0 Å². The molecule has 0 bridgehead atoms. The van der Waals surface area contributed by atoms with E-state index >= 15 is 0 Å². The van der Waals surface area contributed by atoms with Crippen molar-refractivity contribution in [1.29, 1.82) is 0 Å². The number of carbonyl (C=O) groups excluding carboxylic acids is 3. The van der Waals surface area contributed by atoms with E-state index in [0.717, 1.165) is 128 Å². The molecule has 458 valence electrons. The first-order valence-electron chi connectivity index (χ1n) is 31.5. The number of carbonyl (C=O) groups is 4. The Labute approximate surface area is 490 Å². The maximum absolute atomic E-state index is 13.2. The van der Waals surface area contributed by atoms with Crippen molar-refractivity contribution in [1.82, 2.24) is 0 Å². The molecule has 1 fully saturated rings. The second-order valence-corrected chi connectivity index (χ2v) is 20.9. The molecule has 1 saturated heterocycles. The van der Waals surface area contributed by atoms with E-state index in [1.807, 2.05) is 0 Å². The molecule has 1 aliphatic rings. The van der Waals surface area contributed by atoms with Crippen molar-refractivity contribution in [2.45, 2.75) is 276 Å². The predicted octanol–water partition coefficient (Wildman–Crippen LogP) is 16.8. The van der Waals surface area contributed by atoms with Crippen LogP contribution in [0, 0.1) is 0 Å². The Hall–Kier alpha value is -4.88. The summed E-state index contributed by atoms with van der Waals surface area (Å²) in [5.74, 6) is -3.23. The average molecular weight is 1130 g/mol. The van der Waals surface area contributed by atoms with Crippen LogP contribution in [0.15, 0.2) is 122 Å². The van der Waals surface area contributed by atoms with Gasteiger partial charge in [0.05, 0.1) is 6.61 Å². The second-order valence-electron chi connectivity index (χ2n) is 20.9. The van der Waals surface area contributed by atoms with Gasteiger partial charge in [0.1, 0.15) is 18.8 Å². The fraction of sp³-hybridized carbons (Fsp3) is 0.652. The highest BCUT2D eigenvalue weighted by atomic mass is 16.7. The van der Waals surface area contributed by atoms with Gasteiger partial charge >= 0.3 is 23.9 Å². The summed E-state index contributed by atoms with van der Waals surface area (Å²) in [6.45, 7) is 5.69. The maximum atomic E-state index is 13.2. The summed E-state index contributed by atoms with van der Waals surface area (Å²) in [4.78, 5) is 51.3. The SMILES string of the molecule is CC/C=C\C/C=C\C/C=C\C/C=C\CCCCCCC(=O)OCC(COC1OC(C(=O)O)C(O)C(O)C1OC(=O)CCCCCCCCCCC/C=C\C/C=C\CCCCC)OC(=O)CCCC/C=C\C/C=C\C/C=C\C/C=C\CC. The normalized spacial score (nSPS) is 18.6. The van der Waals surface area contributed by atoms with Crippen LogP contribution in [0.3, 0.4) is 0 Å². The van der Waals surface area contributed by atoms with Gasteiger partial charge < -0.3 is 39.0 Å². The fourth-order valence-electron chi connectivity index (χ4n) is 8.73. The summed E-state index contributed by atoms with van der Waals surface area (Å²) in [6, 6.07) is 0. The molecule has 12 nitrogen and oxygen atoms in total. The van der Waals surface area contributed by atoms with Gasteiger partial charge in [-0.2, -0.15) is 0 Å². The lowest BCUT2D eigenvalue weighted by Gasteiger charge is -2.40. The molecule has 0 spiro atoms. The van der Waals surface area contributed by atoms with E-state index in [1.54, 1.807) is 0 Å². The van der Waals surface area contributed by atoms with Gasteiger partial charge in [-0.05, 0) is 128 Å². The molecule has 1 aliphatic heterocycles. The molecule has 0 radical (unpaired) electrons. The van der Waals surface area contributed by atoms with Gasteiger partial charge in [-0.25, -0.2) is 4.79 Å². The summed E-state index contributed by atoms with van der Waals surface area (Å²) >= 11 is 0. The summed E-state index contributed by atoms with van der Waals surface area (Å²) in [6.07, 6.45) is 64.4. The van der Waals surface area contributed by atoms with E-state index < -0.39 is 67.3 Å². The lowest BCUT2D eigenvalue weighted by Crippen LogP contribution is -2.61. The topological polar surface area (TPSA) is 175 Å². The molecular weight excluding hydrogens is 1020 g/mol. The molecule has 0 aromatic rings. The van der Waals surface area contributed by atoms with Crippen molar-refractivity contribution in [3.63, 3.8) is 0 Å². The van der Waals surface area contributed by atoms with Gasteiger partial charge in [-0.1, -0.05) is 213 Å². The summed E-state index contributed by atoms with van der Waals surface area (Å²) in [5.41, 5.74) is 0. The zero-order valence-corrected chi connectivity index (χ0v) is 50.5. The standard InChI is InChI=1S/C69H110O12/c1-4-7-10-13-16-19-22-25-28-30-31-33-36-39-42-45-48-51-54-57-63(72)80-67-65(74)64(73)66(68(75)76)81-69(67)78-59-60(79-62(71)56-53-50-47-44-41-38-34-27-24-21-18-15-12-9-6-3)58-77-61(70)55-52-49-46-43-40-37-35-32-29-26-23-20-17-14-11-8-5-2/h8-9,11-12,16-21,25-29,34-35,37,41,44,60,64-67,69,73-74H,4-7,10,13-15,22-24,30-33,36,38-40,42-43,45-59H2,1-3H3,(H,75,76)/b11-8-,12-9-,19-16-,20-17-,21-18-,28-25-,29-26-,34-27-,37-35-,44-41-. The Morgan fingerprint density at radius 1 is 0.420 bits per heavy atom. The number of carboxylic acids is 1. The Bertz CT molecular complexity index is 1870. The number of esters is 3. The third-order valence-corrected chi connectivity index (χ3v) is 13.5. The summed E-state index contributed by atoms with van der Waals surface area (Å²) in [5, 5.41) is 31.6. The molecule has 0 saturated carbocycles. The molecule has 6 atom stereocenters. The van der Waals surface area contributed by atoms with Crippen LogP contribution in [0.1, 0.15) is 239 Å². The number of aliphatic carboxylic acids is 1. The molecule has 0 aromatic carbocycles. The number of unbranched alkanes of at least 4 members (excludes halogenated alkanes) is 18. The minimum Gasteiger partial charge on any atom is -0.479 e. The van der Waals surface area contributed by atoms with Crippen molar-refractivity contribution in [3.8, 4) is 0 Å². The van der Waals surface area contributed by atoms with E-state index in [1.165, 1.54) is 51.4 Å². The highest BCUT2D eigenvalue weighted by Gasteiger charge is 2.50. The minimum atomic E-state index is -1.92. The average Bonchev–Trinajstić information content (AvgIpc) is 3.53. The number of carboxylic acid groups (broad SMARTS) is 1. The van der Waals surface area contributed by atoms with Crippen molar-refractivity contribution >= 4 is 23.9 Å². The highest BCUT2D eigenvalue weighted by molar-refractivity contribution is 5.74.